The number of nitrogens with one attached hydrogen (secondary N) is 1. The van der Waals surface area contributed by atoms with Crippen LogP contribution in [0.1, 0.15) is 21.5 Å². The van der Waals surface area contributed by atoms with Crippen molar-refractivity contribution in [3.05, 3.63) is 53.1 Å². The summed E-state index contributed by atoms with van der Waals surface area (Å²) in [5, 5.41) is 3.27. The van der Waals surface area contributed by atoms with Gasteiger partial charge in [0.1, 0.15) is 0 Å². The molecule has 0 aliphatic rings. The van der Waals surface area contributed by atoms with Gasteiger partial charge in [0.15, 0.2) is 0 Å². The first-order valence-electron chi connectivity index (χ1n) is 6.01. The normalized spacial score (nSPS) is 10.2. The molecule has 0 atom stereocenters. The van der Waals surface area contributed by atoms with Crippen LogP contribution in [0.4, 0.5) is 17.1 Å². The molecule has 0 unspecified atom stereocenters. The summed E-state index contributed by atoms with van der Waals surface area (Å²) in [4.78, 5) is 11.3. The van der Waals surface area contributed by atoms with Gasteiger partial charge in [-0.1, -0.05) is 12.1 Å². The molecule has 0 fully saturated rings. The maximum atomic E-state index is 11.3. The number of carbonyl (C=O) groups excluding carboxylic acids is 1. The van der Waals surface area contributed by atoms with E-state index in [-0.39, 0.29) is 0 Å². The molecular weight excluding hydrogens is 238 g/mol. The number of nitrogen functional groups attached to an aromatic ring is 1. The van der Waals surface area contributed by atoms with E-state index in [9.17, 15) is 4.79 Å². The van der Waals surface area contributed by atoms with Crippen LogP contribution in [0.5, 0.6) is 0 Å². The van der Waals surface area contributed by atoms with E-state index >= 15 is 0 Å². The third-order valence-corrected chi connectivity index (χ3v) is 2.99. The second-order valence-electron chi connectivity index (χ2n) is 4.61. The van der Waals surface area contributed by atoms with Crippen LogP contribution in [-0.2, 0) is 0 Å². The summed E-state index contributed by atoms with van der Waals surface area (Å²) in [6, 6.07) is 11.3. The highest BCUT2D eigenvalue weighted by atomic mass is 16.1. The number of carbonyl (C=O) groups is 1. The van der Waals surface area contributed by atoms with E-state index in [1.54, 1.807) is 12.1 Å². The molecule has 5 N–H and O–H groups in total. The molecule has 0 saturated heterocycles. The van der Waals surface area contributed by atoms with E-state index in [4.69, 9.17) is 11.5 Å². The van der Waals surface area contributed by atoms with Gasteiger partial charge in [-0.2, -0.15) is 0 Å². The van der Waals surface area contributed by atoms with E-state index in [0.717, 1.165) is 16.9 Å². The number of hydrogen-bond acceptors (Lipinski definition) is 3. The van der Waals surface area contributed by atoms with Gasteiger partial charge in [0.05, 0.1) is 5.56 Å². The smallest absolute Gasteiger partial charge is 0.250 e. The number of rotatable bonds is 3. The van der Waals surface area contributed by atoms with E-state index in [1.807, 2.05) is 26.0 Å². The van der Waals surface area contributed by atoms with Gasteiger partial charge >= 0.3 is 0 Å². The highest BCUT2D eigenvalue weighted by Crippen LogP contribution is 2.24. The van der Waals surface area contributed by atoms with Crippen molar-refractivity contribution in [3.63, 3.8) is 0 Å². The fourth-order valence-corrected chi connectivity index (χ4v) is 1.87. The number of nitrogens with two attached hydrogens (primary N) is 2. The van der Waals surface area contributed by atoms with Gasteiger partial charge in [-0.3, -0.25) is 4.79 Å². The quantitative estimate of drug-likeness (QED) is 0.737. The lowest BCUT2D eigenvalue weighted by molar-refractivity contribution is 0.100. The molecule has 0 radical (unpaired) electrons. The molecule has 0 heterocycles. The van der Waals surface area contributed by atoms with Crippen molar-refractivity contribution in [2.75, 3.05) is 11.1 Å². The average molecular weight is 255 g/mol. The molecule has 0 bridgehead atoms. The van der Waals surface area contributed by atoms with Gasteiger partial charge in [-0.25, -0.2) is 0 Å². The summed E-state index contributed by atoms with van der Waals surface area (Å²) in [7, 11) is 0. The van der Waals surface area contributed by atoms with Crippen molar-refractivity contribution >= 4 is 23.0 Å². The standard InChI is InChI=1S/C15H17N3O/c1-9-3-4-10(2)14(7-9)18-11-5-6-13(16)12(8-11)15(17)19/h3-8,18H,16H2,1-2H3,(H2,17,19). The molecule has 0 aliphatic heterocycles. The molecule has 98 valence electrons. The maximum Gasteiger partial charge on any atom is 0.250 e. The third kappa shape index (κ3) is 2.85. The molecule has 4 heteroatoms. The highest BCUT2D eigenvalue weighted by molar-refractivity contribution is 5.99. The molecule has 1 amide bonds. The van der Waals surface area contributed by atoms with E-state index in [0.29, 0.717) is 11.3 Å². The van der Waals surface area contributed by atoms with E-state index in [1.165, 1.54) is 5.56 Å². The first-order chi connectivity index (χ1) is 8.97. The Morgan fingerprint density at radius 3 is 2.53 bits per heavy atom. The zero-order valence-corrected chi connectivity index (χ0v) is 11.0. The van der Waals surface area contributed by atoms with Gasteiger partial charge in [0, 0.05) is 17.1 Å². The molecule has 0 aliphatic carbocycles. The first-order valence-corrected chi connectivity index (χ1v) is 6.01. The zero-order valence-electron chi connectivity index (χ0n) is 11.0. The Morgan fingerprint density at radius 2 is 1.84 bits per heavy atom. The number of anilines is 3. The molecule has 19 heavy (non-hydrogen) atoms. The molecule has 2 aromatic rings. The minimum Gasteiger partial charge on any atom is -0.398 e. The monoisotopic (exact) mass is 255 g/mol. The molecule has 2 aromatic carbocycles. The Morgan fingerprint density at radius 1 is 1.11 bits per heavy atom. The van der Waals surface area contributed by atoms with Crippen molar-refractivity contribution < 1.29 is 4.79 Å². The fraction of sp³-hybridized carbons (Fsp3) is 0.133. The fourth-order valence-electron chi connectivity index (χ4n) is 1.87. The number of amides is 1. The molecule has 0 aromatic heterocycles. The van der Waals surface area contributed by atoms with Crippen LogP contribution in [-0.4, -0.2) is 5.91 Å². The predicted molar refractivity (Wildman–Crippen MR) is 78.6 cm³/mol. The largest absolute Gasteiger partial charge is 0.398 e. The van der Waals surface area contributed by atoms with Crippen LogP contribution in [0, 0.1) is 13.8 Å². The Balaban J connectivity index is 2.36. The lowest BCUT2D eigenvalue weighted by atomic mass is 10.1. The molecule has 4 nitrogen and oxygen atoms in total. The van der Waals surface area contributed by atoms with E-state index in [2.05, 4.69) is 17.4 Å². The second kappa shape index (κ2) is 5.02. The minimum absolute atomic E-state index is 0.329. The molecule has 2 rings (SSSR count). The SMILES string of the molecule is Cc1ccc(C)c(Nc2ccc(N)c(C(N)=O)c2)c1. The Labute approximate surface area is 112 Å². The maximum absolute atomic E-state index is 11.3. The lowest BCUT2D eigenvalue weighted by Gasteiger charge is -2.12. The summed E-state index contributed by atoms with van der Waals surface area (Å²) in [6.45, 7) is 4.05. The van der Waals surface area contributed by atoms with Gasteiger partial charge in [-0.15, -0.1) is 0 Å². The van der Waals surface area contributed by atoms with Gasteiger partial charge in [0.2, 0.25) is 0 Å². The highest BCUT2D eigenvalue weighted by Gasteiger charge is 2.07. The van der Waals surface area contributed by atoms with Crippen molar-refractivity contribution in [1.82, 2.24) is 0 Å². The van der Waals surface area contributed by atoms with Crippen LogP contribution < -0.4 is 16.8 Å². The van der Waals surface area contributed by atoms with Gasteiger partial charge < -0.3 is 16.8 Å². The third-order valence-electron chi connectivity index (χ3n) is 2.99. The van der Waals surface area contributed by atoms with Crippen LogP contribution in [0.2, 0.25) is 0 Å². The topological polar surface area (TPSA) is 81.1 Å². The summed E-state index contributed by atoms with van der Waals surface area (Å²) in [5.41, 5.74) is 15.8. The summed E-state index contributed by atoms with van der Waals surface area (Å²) >= 11 is 0. The Bertz CT molecular complexity index is 635. The summed E-state index contributed by atoms with van der Waals surface area (Å²) in [5.74, 6) is -0.526. The zero-order chi connectivity index (χ0) is 14.0. The lowest BCUT2D eigenvalue weighted by Crippen LogP contribution is -2.13. The van der Waals surface area contributed by atoms with Crippen LogP contribution in [0.25, 0.3) is 0 Å². The predicted octanol–water partition coefficient (Wildman–Crippen LogP) is 2.73. The van der Waals surface area contributed by atoms with Gasteiger partial charge in [0.25, 0.3) is 5.91 Å². The molecular formula is C15H17N3O. The summed E-state index contributed by atoms with van der Waals surface area (Å²) < 4.78 is 0. The van der Waals surface area contributed by atoms with Gasteiger partial charge in [-0.05, 0) is 49.2 Å². The molecule has 0 spiro atoms. The number of hydrogen-bond donors (Lipinski definition) is 3. The number of aryl methyl sites for hydroxylation is 2. The minimum atomic E-state index is -0.526. The van der Waals surface area contributed by atoms with Crippen molar-refractivity contribution in [2.45, 2.75) is 13.8 Å². The molecule has 0 saturated carbocycles. The van der Waals surface area contributed by atoms with Crippen molar-refractivity contribution in [1.29, 1.82) is 0 Å². The van der Waals surface area contributed by atoms with Crippen molar-refractivity contribution in [3.8, 4) is 0 Å². The van der Waals surface area contributed by atoms with E-state index < -0.39 is 5.91 Å². The average Bonchev–Trinajstić information content (AvgIpc) is 2.36. The second-order valence-corrected chi connectivity index (χ2v) is 4.61. The number of benzene rings is 2. The first kappa shape index (κ1) is 13.0. The summed E-state index contributed by atoms with van der Waals surface area (Å²) in [6.07, 6.45) is 0. The van der Waals surface area contributed by atoms with Crippen LogP contribution in [0.15, 0.2) is 36.4 Å². The van der Waals surface area contributed by atoms with Crippen molar-refractivity contribution in [2.24, 2.45) is 5.73 Å². The van der Waals surface area contributed by atoms with Crippen LogP contribution >= 0.6 is 0 Å². The Kier molecular flexibility index (Phi) is 3.42. The van der Waals surface area contributed by atoms with Crippen LogP contribution in [0.3, 0.4) is 0 Å². The number of primary amides is 1. The Hall–Kier alpha value is -2.49.